The fourth-order valence-electron chi connectivity index (χ4n) is 3.03. The first kappa shape index (κ1) is 24.5. The molecule has 2 rings (SSSR count). The highest BCUT2D eigenvalue weighted by atomic mass is 127. The first-order valence-electron chi connectivity index (χ1n) is 9.83. The summed E-state index contributed by atoms with van der Waals surface area (Å²) >= 11 is 0. The molecule has 1 saturated heterocycles. The van der Waals surface area contributed by atoms with Crippen molar-refractivity contribution in [1.29, 1.82) is 0 Å². The Bertz CT molecular complexity index is 633. The first-order chi connectivity index (χ1) is 12.8. The SMILES string of the molecule is CCNC(=NCCOc1ccc(C(C)(C)C)cc1)N1CCN(C(C)=O)CC1.I. The third-order valence-corrected chi connectivity index (χ3v) is 4.70. The van der Waals surface area contributed by atoms with E-state index in [1.165, 1.54) is 5.56 Å². The fourth-order valence-corrected chi connectivity index (χ4v) is 3.03. The average molecular weight is 502 g/mol. The number of aliphatic imine (C=N–C) groups is 1. The van der Waals surface area contributed by atoms with E-state index in [-0.39, 0.29) is 35.3 Å². The second kappa shape index (κ2) is 11.5. The van der Waals surface area contributed by atoms with Crippen molar-refractivity contribution in [3.8, 4) is 5.75 Å². The van der Waals surface area contributed by atoms with Crippen LogP contribution in [0.1, 0.15) is 40.2 Å². The van der Waals surface area contributed by atoms with Crippen LogP contribution in [0.5, 0.6) is 5.75 Å². The van der Waals surface area contributed by atoms with Gasteiger partial charge in [0.2, 0.25) is 5.91 Å². The van der Waals surface area contributed by atoms with E-state index in [4.69, 9.17) is 4.74 Å². The Kier molecular flexibility index (Phi) is 10.1. The number of hydrogen-bond acceptors (Lipinski definition) is 3. The van der Waals surface area contributed by atoms with Gasteiger partial charge in [0.1, 0.15) is 12.4 Å². The van der Waals surface area contributed by atoms with Gasteiger partial charge in [-0.15, -0.1) is 24.0 Å². The third kappa shape index (κ3) is 7.48. The molecule has 0 spiro atoms. The predicted molar refractivity (Wildman–Crippen MR) is 126 cm³/mol. The summed E-state index contributed by atoms with van der Waals surface area (Å²) < 4.78 is 5.83. The Morgan fingerprint density at radius 3 is 2.18 bits per heavy atom. The number of hydrogen-bond donors (Lipinski definition) is 1. The molecule has 1 amide bonds. The monoisotopic (exact) mass is 502 g/mol. The van der Waals surface area contributed by atoms with E-state index in [9.17, 15) is 4.79 Å². The van der Waals surface area contributed by atoms with Crippen LogP contribution in [-0.4, -0.2) is 67.5 Å². The number of guanidine groups is 1. The van der Waals surface area contributed by atoms with Crippen molar-refractivity contribution in [1.82, 2.24) is 15.1 Å². The lowest BCUT2D eigenvalue weighted by Gasteiger charge is -2.36. The van der Waals surface area contributed by atoms with Crippen LogP contribution in [0.2, 0.25) is 0 Å². The molecule has 0 unspecified atom stereocenters. The molecular weight excluding hydrogens is 467 g/mol. The van der Waals surface area contributed by atoms with E-state index < -0.39 is 0 Å². The quantitative estimate of drug-likeness (QED) is 0.291. The van der Waals surface area contributed by atoms with Gasteiger partial charge in [0.15, 0.2) is 5.96 Å². The molecule has 0 aliphatic carbocycles. The van der Waals surface area contributed by atoms with E-state index in [0.717, 1.165) is 44.4 Å². The van der Waals surface area contributed by atoms with Crippen molar-refractivity contribution in [2.75, 3.05) is 45.9 Å². The molecule has 1 N–H and O–H groups in total. The van der Waals surface area contributed by atoms with E-state index in [0.29, 0.717) is 13.2 Å². The highest BCUT2D eigenvalue weighted by Crippen LogP contribution is 2.24. The lowest BCUT2D eigenvalue weighted by Crippen LogP contribution is -2.53. The molecule has 28 heavy (non-hydrogen) atoms. The Morgan fingerprint density at radius 1 is 1.11 bits per heavy atom. The summed E-state index contributed by atoms with van der Waals surface area (Å²) in [4.78, 5) is 20.2. The Morgan fingerprint density at radius 2 is 1.68 bits per heavy atom. The summed E-state index contributed by atoms with van der Waals surface area (Å²) in [5, 5.41) is 3.34. The molecule has 0 bridgehead atoms. The highest BCUT2D eigenvalue weighted by molar-refractivity contribution is 14.0. The lowest BCUT2D eigenvalue weighted by atomic mass is 9.87. The number of benzene rings is 1. The van der Waals surface area contributed by atoms with Crippen molar-refractivity contribution in [3.63, 3.8) is 0 Å². The predicted octanol–water partition coefficient (Wildman–Crippen LogP) is 3.11. The molecule has 6 nitrogen and oxygen atoms in total. The zero-order valence-electron chi connectivity index (χ0n) is 17.8. The maximum absolute atomic E-state index is 11.5. The largest absolute Gasteiger partial charge is 0.492 e. The van der Waals surface area contributed by atoms with Gasteiger partial charge < -0.3 is 19.9 Å². The van der Waals surface area contributed by atoms with Gasteiger partial charge in [-0.25, -0.2) is 4.99 Å². The number of carbonyl (C=O) groups excluding carboxylic acids is 1. The first-order valence-corrected chi connectivity index (χ1v) is 9.83. The molecular formula is C21H35IN4O2. The smallest absolute Gasteiger partial charge is 0.219 e. The van der Waals surface area contributed by atoms with Crippen LogP contribution in [-0.2, 0) is 10.2 Å². The van der Waals surface area contributed by atoms with Crippen LogP contribution in [0.4, 0.5) is 0 Å². The molecule has 1 aliphatic rings. The van der Waals surface area contributed by atoms with Gasteiger partial charge in [-0.3, -0.25) is 4.79 Å². The summed E-state index contributed by atoms with van der Waals surface area (Å²) in [5.74, 6) is 1.91. The minimum absolute atomic E-state index is 0. The van der Waals surface area contributed by atoms with Crippen LogP contribution >= 0.6 is 24.0 Å². The number of amides is 1. The summed E-state index contributed by atoms with van der Waals surface area (Å²) in [6, 6.07) is 8.29. The highest BCUT2D eigenvalue weighted by Gasteiger charge is 2.20. The number of carbonyl (C=O) groups is 1. The summed E-state index contributed by atoms with van der Waals surface area (Å²) in [6.45, 7) is 15.4. The minimum Gasteiger partial charge on any atom is -0.492 e. The van der Waals surface area contributed by atoms with Crippen molar-refractivity contribution in [3.05, 3.63) is 29.8 Å². The molecule has 0 saturated carbocycles. The molecule has 7 heteroatoms. The van der Waals surface area contributed by atoms with Gasteiger partial charge >= 0.3 is 0 Å². The van der Waals surface area contributed by atoms with Crippen molar-refractivity contribution in [2.24, 2.45) is 4.99 Å². The van der Waals surface area contributed by atoms with Crippen molar-refractivity contribution < 1.29 is 9.53 Å². The zero-order chi connectivity index (χ0) is 19.9. The third-order valence-electron chi connectivity index (χ3n) is 4.70. The van der Waals surface area contributed by atoms with Crippen LogP contribution in [0, 0.1) is 0 Å². The van der Waals surface area contributed by atoms with Crippen LogP contribution < -0.4 is 10.1 Å². The summed E-state index contributed by atoms with van der Waals surface area (Å²) in [7, 11) is 0. The molecule has 1 aliphatic heterocycles. The molecule has 0 atom stereocenters. The Labute approximate surface area is 186 Å². The molecule has 1 aromatic carbocycles. The number of piperazine rings is 1. The van der Waals surface area contributed by atoms with E-state index in [1.54, 1.807) is 6.92 Å². The number of ether oxygens (including phenoxy) is 1. The maximum Gasteiger partial charge on any atom is 0.219 e. The molecule has 1 heterocycles. The number of nitrogens with zero attached hydrogens (tertiary/aromatic N) is 3. The van der Waals surface area contributed by atoms with Crippen LogP contribution in [0.3, 0.4) is 0 Å². The van der Waals surface area contributed by atoms with E-state index in [1.807, 2.05) is 17.0 Å². The molecule has 158 valence electrons. The van der Waals surface area contributed by atoms with Gasteiger partial charge in [0, 0.05) is 39.6 Å². The van der Waals surface area contributed by atoms with Gasteiger partial charge in [-0.1, -0.05) is 32.9 Å². The van der Waals surface area contributed by atoms with Crippen molar-refractivity contribution >= 4 is 35.8 Å². The maximum atomic E-state index is 11.5. The second-order valence-corrected chi connectivity index (χ2v) is 7.85. The summed E-state index contributed by atoms with van der Waals surface area (Å²) in [5.41, 5.74) is 1.45. The van der Waals surface area contributed by atoms with Gasteiger partial charge in [-0.05, 0) is 30.0 Å². The molecule has 0 aromatic heterocycles. The van der Waals surface area contributed by atoms with Crippen molar-refractivity contribution in [2.45, 2.75) is 40.0 Å². The van der Waals surface area contributed by atoms with Gasteiger partial charge in [0.05, 0.1) is 6.54 Å². The van der Waals surface area contributed by atoms with Crippen LogP contribution in [0.25, 0.3) is 0 Å². The number of rotatable bonds is 5. The average Bonchev–Trinajstić information content (AvgIpc) is 2.64. The van der Waals surface area contributed by atoms with Gasteiger partial charge in [-0.2, -0.15) is 0 Å². The summed E-state index contributed by atoms with van der Waals surface area (Å²) in [6.07, 6.45) is 0. The topological polar surface area (TPSA) is 57.2 Å². The lowest BCUT2D eigenvalue weighted by molar-refractivity contribution is -0.130. The molecule has 1 aromatic rings. The second-order valence-electron chi connectivity index (χ2n) is 7.85. The minimum atomic E-state index is 0. The zero-order valence-corrected chi connectivity index (χ0v) is 20.2. The normalized spacial score (nSPS) is 15.1. The Hall–Kier alpha value is -1.51. The van der Waals surface area contributed by atoms with E-state index >= 15 is 0 Å². The van der Waals surface area contributed by atoms with Gasteiger partial charge in [0.25, 0.3) is 0 Å². The number of halogens is 1. The number of nitrogens with one attached hydrogen (secondary N) is 1. The fraction of sp³-hybridized carbons (Fsp3) is 0.619. The van der Waals surface area contributed by atoms with Crippen LogP contribution in [0.15, 0.2) is 29.3 Å². The molecule has 0 radical (unpaired) electrons. The standard InChI is InChI=1S/C21H34N4O2.HI/c1-6-22-20(25-14-12-24(13-15-25)17(2)26)23-11-16-27-19-9-7-18(8-10-19)21(3,4)5;/h7-10H,6,11-16H2,1-5H3,(H,22,23);1H. The Balaban J connectivity index is 0.00000392. The molecule has 1 fully saturated rings. The van der Waals surface area contributed by atoms with E-state index in [2.05, 4.69) is 55.0 Å².